The summed E-state index contributed by atoms with van der Waals surface area (Å²) in [6.07, 6.45) is 0. The molecule has 0 fully saturated rings. The molecule has 0 saturated carbocycles. The summed E-state index contributed by atoms with van der Waals surface area (Å²) in [6, 6.07) is 45.7. The van der Waals surface area contributed by atoms with E-state index in [4.69, 9.17) is 4.42 Å². The van der Waals surface area contributed by atoms with Gasteiger partial charge in [0.1, 0.15) is 11.2 Å². The second-order valence-corrected chi connectivity index (χ2v) is 10.1. The summed E-state index contributed by atoms with van der Waals surface area (Å²) in [5, 5.41) is 12.2. The van der Waals surface area contributed by atoms with E-state index in [0.717, 1.165) is 16.6 Å². The van der Waals surface area contributed by atoms with E-state index in [1.807, 2.05) is 0 Å². The van der Waals surface area contributed by atoms with Crippen LogP contribution in [-0.2, 0) is 0 Å². The lowest BCUT2D eigenvalue weighted by Gasteiger charge is -2.11. The van der Waals surface area contributed by atoms with E-state index in [9.17, 15) is 0 Å². The summed E-state index contributed by atoms with van der Waals surface area (Å²) in [6.45, 7) is 0. The first kappa shape index (κ1) is 20.0. The molecule has 0 aliphatic rings. The molecule has 0 atom stereocenters. The zero-order valence-corrected chi connectivity index (χ0v) is 20.5. The van der Waals surface area contributed by atoms with Gasteiger partial charge in [0.15, 0.2) is 0 Å². The van der Waals surface area contributed by atoms with Gasteiger partial charge in [-0.25, -0.2) is 0 Å². The molecule has 0 aliphatic heterocycles. The third kappa shape index (κ3) is 2.47. The van der Waals surface area contributed by atoms with Gasteiger partial charge in [0.05, 0.1) is 16.7 Å². The Balaban J connectivity index is 1.57. The number of aromatic nitrogens is 1. The van der Waals surface area contributed by atoms with Gasteiger partial charge in [0.25, 0.3) is 0 Å². The van der Waals surface area contributed by atoms with Crippen LogP contribution in [-0.4, -0.2) is 4.57 Å². The van der Waals surface area contributed by atoms with Crippen molar-refractivity contribution in [1.29, 1.82) is 0 Å². The number of hydrogen-bond acceptors (Lipinski definition) is 1. The molecule has 9 rings (SSSR count). The van der Waals surface area contributed by atoms with Crippen molar-refractivity contribution in [2.45, 2.75) is 0 Å². The van der Waals surface area contributed by atoms with Gasteiger partial charge in [0, 0.05) is 32.3 Å². The molecular formula is C36H21NO. The van der Waals surface area contributed by atoms with Crippen LogP contribution < -0.4 is 0 Å². The zero-order chi connectivity index (χ0) is 24.8. The Kier molecular flexibility index (Phi) is 3.82. The summed E-state index contributed by atoms with van der Waals surface area (Å²) >= 11 is 0. The minimum absolute atomic E-state index is 0.926. The molecular weight excluding hydrogens is 462 g/mol. The van der Waals surface area contributed by atoms with Gasteiger partial charge in [-0.3, -0.25) is 0 Å². The van der Waals surface area contributed by atoms with Crippen LogP contribution in [0.4, 0.5) is 0 Å². The highest BCUT2D eigenvalue weighted by molar-refractivity contribution is 6.36. The van der Waals surface area contributed by atoms with E-state index in [1.165, 1.54) is 65.2 Å². The molecule has 7 aromatic carbocycles. The number of nitrogens with zero attached hydrogens (tertiary/aromatic N) is 1. The summed E-state index contributed by atoms with van der Waals surface area (Å²) in [4.78, 5) is 0. The van der Waals surface area contributed by atoms with Crippen molar-refractivity contribution in [2.24, 2.45) is 0 Å². The maximum atomic E-state index is 6.71. The van der Waals surface area contributed by atoms with Crippen molar-refractivity contribution in [3.05, 3.63) is 127 Å². The van der Waals surface area contributed by atoms with E-state index in [1.54, 1.807) is 0 Å². The molecule has 0 aliphatic carbocycles. The molecule has 0 N–H and O–H groups in total. The molecule has 176 valence electrons. The lowest BCUT2D eigenvalue weighted by Crippen LogP contribution is -1.94. The summed E-state index contributed by atoms with van der Waals surface area (Å²) in [7, 11) is 0. The van der Waals surface area contributed by atoms with Crippen molar-refractivity contribution < 1.29 is 4.42 Å². The third-order valence-corrected chi connectivity index (χ3v) is 8.16. The van der Waals surface area contributed by atoms with E-state index in [0.29, 0.717) is 0 Å². The Morgan fingerprint density at radius 3 is 1.87 bits per heavy atom. The van der Waals surface area contributed by atoms with Crippen LogP contribution in [0.1, 0.15) is 0 Å². The number of para-hydroxylation sites is 1. The Hall–Kier alpha value is -5.08. The average molecular weight is 484 g/mol. The predicted octanol–water partition coefficient (Wildman–Crippen LogP) is 10.1. The average Bonchev–Trinajstić information content (AvgIpc) is 3.53. The summed E-state index contributed by atoms with van der Waals surface area (Å²) in [5.41, 5.74) is 5.47. The van der Waals surface area contributed by atoms with Crippen molar-refractivity contribution in [3.8, 4) is 5.69 Å². The van der Waals surface area contributed by atoms with E-state index in [2.05, 4.69) is 132 Å². The van der Waals surface area contributed by atoms with E-state index in [-0.39, 0.29) is 0 Å². The fourth-order valence-corrected chi connectivity index (χ4v) is 6.61. The fourth-order valence-electron chi connectivity index (χ4n) is 6.61. The van der Waals surface area contributed by atoms with Crippen LogP contribution in [0.5, 0.6) is 0 Å². The molecule has 9 aromatic rings. The van der Waals surface area contributed by atoms with Gasteiger partial charge in [-0.1, -0.05) is 103 Å². The Morgan fingerprint density at radius 1 is 0.395 bits per heavy atom. The van der Waals surface area contributed by atoms with Crippen LogP contribution in [0.3, 0.4) is 0 Å². The highest BCUT2D eigenvalue weighted by Gasteiger charge is 2.22. The molecule has 0 bridgehead atoms. The standard InChI is InChI=1S/C36H21NO/c1-2-12-23-22(10-1)11-9-19-29(23)37-30-18-8-7-17-28(30)33-31(37)20-21-32-35(33)34-26-15-5-3-13-24(26)25-14-4-6-16-27(25)36(34)38-32/h1-21H. The quantitative estimate of drug-likeness (QED) is 0.212. The second kappa shape index (κ2) is 7.24. The first-order chi connectivity index (χ1) is 18.9. The van der Waals surface area contributed by atoms with Gasteiger partial charge < -0.3 is 8.98 Å². The van der Waals surface area contributed by atoms with Crippen molar-refractivity contribution in [1.82, 2.24) is 4.57 Å². The lowest BCUT2D eigenvalue weighted by atomic mass is 9.95. The minimum atomic E-state index is 0.926. The Morgan fingerprint density at radius 2 is 1.03 bits per heavy atom. The van der Waals surface area contributed by atoms with Crippen molar-refractivity contribution in [3.63, 3.8) is 0 Å². The number of rotatable bonds is 1. The molecule has 2 heteroatoms. The van der Waals surface area contributed by atoms with Crippen LogP contribution in [0.2, 0.25) is 0 Å². The highest BCUT2D eigenvalue weighted by Crippen LogP contribution is 2.46. The Bertz CT molecular complexity index is 2400. The Labute approximate surface area is 217 Å². The van der Waals surface area contributed by atoms with Crippen LogP contribution in [0.15, 0.2) is 132 Å². The zero-order valence-electron chi connectivity index (χ0n) is 20.5. The van der Waals surface area contributed by atoms with E-state index >= 15 is 0 Å². The monoisotopic (exact) mass is 483 g/mol. The molecule has 38 heavy (non-hydrogen) atoms. The number of hydrogen-bond donors (Lipinski definition) is 0. The molecule has 2 heterocycles. The van der Waals surface area contributed by atoms with Crippen LogP contribution in [0.25, 0.3) is 81.7 Å². The minimum Gasteiger partial charge on any atom is -0.455 e. The molecule has 0 unspecified atom stereocenters. The third-order valence-electron chi connectivity index (χ3n) is 8.16. The molecule has 2 nitrogen and oxygen atoms in total. The van der Waals surface area contributed by atoms with Crippen molar-refractivity contribution in [2.75, 3.05) is 0 Å². The molecule has 0 spiro atoms. The topological polar surface area (TPSA) is 18.1 Å². The SMILES string of the molecule is c1ccc2c(-n3c4ccccc4c4c5c(ccc43)oc3c4ccccc4c4ccccc4c35)cccc2c1. The predicted molar refractivity (Wildman–Crippen MR) is 161 cm³/mol. The molecule has 0 amide bonds. The van der Waals surface area contributed by atoms with E-state index < -0.39 is 0 Å². The smallest absolute Gasteiger partial charge is 0.143 e. The van der Waals surface area contributed by atoms with Crippen LogP contribution in [0, 0.1) is 0 Å². The lowest BCUT2D eigenvalue weighted by molar-refractivity contribution is 0.673. The largest absolute Gasteiger partial charge is 0.455 e. The number of furan rings is 1. The van der Waals surface area contributed by atoms with Gasteiger partial charge in [-0.05, 0) is 45.8 Å². The van der Waals surface area contributed by atoms with Crippen molar-refractivity contribution >= 4 is 76.1 Å². The van der Waals surface area contributed by atoms with Crippen LogP contribution >= 0.6 is 0 Å². The fraction of sp³-hybridized carbons (Fsp3) is 0. The summed E-state index contributed by atoms with van der Waals surface area (Å²) in [5.74, 6) is 0. The van der Waals surface area contributed by atoms with Gasteiger partial charge in [-0.15, -0.1) is 0 Å². The first-order valence-electron chi connectivity index (χ1n) is 13.0. The number of benzene rings is 7. The maximum Gasteiger partial charge on any atom is 0.143 e. The maximum absolute atomic E-state index is 6.71. The normalized spacial score (nSPS) is 12.2. The molecule has 0 radical (unpaired) electrons. The van der Waals surface area contributed by atoms with Gasteiger partial charge in [0.2, 0.25) is 0 Å². The van der Waals surface area contributed by atoms with Gasteiger partial charge in [-0.2, -0.15) is 0 Å². The summed E-state index contributed by atoms with van der Waals surface area (Å²) < 4.78 is 9.13. The molecule has 2 aromatic heterocycles. The molecule has 0 saturated heterocycles. The highest BCUT2D eigenvalue weighted by atomic mass is 16.3. The first-order valence-corrected chi connectivity index (χ1v) is 13.0. The number of fused-ring (bicyclic) bond motifs is 13. The second-order valence-electron chi connectivity index (χ2n) is 10.1. The van der Waals surface area contributed by atoms with Gasteiger partial charge >= 0.3 is 0 Å².